The minimum atomic E-state index is -2.83. The minimum Gasteiger partial charge on any atom is -0.0654 e. The fourth-order valence-corrected chi connectivity index (χ4v) is 13.7. The van der Waals surface area contributed by atoms with Gasteiger partial charge in [-0.05, 0) is 117 Å². The Kier molecular flexibility index (Phi) is 7.31. The molecule has 0 heterocycles. The summed E-state index contributed by atoms with van der Waals surface area (Å²) in [6.45, 7) is 9.36. The molecule has 0 bridgehead atoms. The highest BCUT2D eigenvalue weighted by atomic mass is 28.3. The Balaban J connectivity index is 1.52. The molecule has 47 heavy (non-hydrogen) atoms. The summed E-state index contributed by atoms with van der Waals surface area (Å²) in [7, 11) is -2.83. The first kappa shape index (κ1) is 29.4. The van der Waals surface area contributed by atoms with Crippen LogP contribution in [-0.4, -0.2) is 8.07 Å². The van der Waals surface area contributed by atoms with Crippen LogP contribution in [0.4, 0.5) is 0 Å². The Hall–Kier alpha value is -4.98. The standard InChI is InChI=1S/C46H40Si/c1-31-29-41-43(27-25-39(45(41)33(31)3)35-17-9-5-10-18-35)47(37-21-13-7-14-22-37,38-23-15-8-16-24-38)44-28-26-40(36-19-11-6-12-20-36)46-34(4)32(2)30-42(44)46/h5-28H,29-30H2,1-4H3. The average molecular weight is 621 g/mol. The van der Waals surface area contributed by atoms with Gasteiger partial charge >= 0.3 is 0 Å². The molecule has 0 nitrogen and oxygen atoms in total. The van der Waals surface area contributed by atoms with Crippen molar-refractivity contribution in [1.29, 1.82) is 0 Å². The molecule has 0 unspecified atom stereocenters. The third-order valence-electron chi connectivity index (χ3n) is 10.9. The Bertz CT molecular complexity index is 2030. The van der Waals surface area contributed by atoms with Crippen LogP contribution in [0.2, 0.25) is 0 Å². The van der Waals surface area contributed by atoms with E-state index in [2.05, 4.69) is 173 Å². The normalized spacial score (nSPS) is 14.0. The fraction of sp³-hybridized carbons (Fsp3) is 0.130. The molecule has 0 aliphatic heterocycles. The van der Waals surface area contributed by atoms with Crippen LogP contribution < -0.4 is 20.7 Å². The Labute approximate surface area is 280 Å². The number of hydrogen-bond acceptors (Lipinski definition) is 0. The van der Waals surface area contributed by atoms with E-state index in [-0.39, 0.29) is 0 Å². The third kappa shape index (κ3) is 4.56. The van der Waals surface area contributed by atoms with Gasteiger partial charge in [-0.3, -0.25) is 0 Å². The highest BCUT2D eigenvalue weighted by molar-refractivity contribution is 7.20. The lowest BCUT2D eigenvalue weighted by Gasteiger charge is -2.38. The first-order valence-electron chi connectivity index (χ1n) is 16.9. The molecule has 0 atom stereocenters. The predicted molar refractivity (Wildman–Crippen MR) is 205 cm³/mol. The Morgan fingerprint density at radius 1 is 0.383 bits per heavy atom. The van der Waals surface area contributed by atoms with Crippen LogP contribution >= 0.6 is 0 Å². The van der Waals surface area contributed by atoms with Crippen molar-refractivity contribution in [2.45, 2.75) is 40.5 Å². The van der Waals surface area contributed by atoms with Crippen LogP contribution in [-0.2, 0) is 12.8 Å². The first-order valence-corrected chi connectivity index (χ1v) is 18.9. The van der Waals surface area contributed by atoms with E-state index in [0.29, 0.717) is 0 Å². The smallest absolute Gasteiger partial charge is 0.0654 e. The highest BCUT2D eigenvalue weighted by Gasteiger charge is 2.46. The monoisotopic (exact) mass is 620 g/mol. The summed E-state index contributed by atoms with van der Waals surface area (Å²) >= 11 is 0. The SMILES string of the molecule is CC1=C(C)c2c(-c3ccccc3)ccc([Si](c3ccccc3)(c3ccccc3)c3ccc(-c4ccccc4)c4c3CC(C)=C4C)c2C1. The Morgan fingerprint density at radius 3 is 1.09 bits per heavy atom. The van der Waals surface area contributed by atoms with Gasteiger partial charge in [0.25, 0.3) is 0 Å². The Morgan fingerprint density at radius 2 is 0.723 bits per heavy atom. The van der Waals surface area contributed by atoms with E-state index in [4.69, 9.17) is 0 Å². The molecular formula is C46H40Si. The van der Waals surface area contributed by atoms with Crippen molar-refractivity contribution in [1.82, 2.24) is 0 Å². The molecule has 8 rings (SSSR count). The summed E-state index contributed by atoms with van der Waals surface area (Å²) in [6.07, 6.45) is 1.98. The van der Waals surface area contributed by atoms with E-state index < -0.39 is 8.07 Å². The molecule has 0 spiro atoms. The van der Waals surface area contributed by atoms with Crippen LogP contribution in [0.5, 0.6) is 0 Å². The van der Waals surface area contributed by atoms with E-state index in [9.17, 15) is 0 Å². The van der Waals surface area contributed by atoms with Crippen LogP contribution in [0.15, 0.2) is 157 Å². The minimum absolute atomic E-state index is 0.992. The summed E-state index contributed by atoms with van der Waals surface area (Å²) in [4.78, 5) is 0. The molecule has 6 aromatic rings. The van der Waals surface area contributed by atoms with Crippen molar-refractivity contribution in [2.24, 2.45) is 0 Å². The average Bonchev–Trinajstić information content (AvgIpc) is 3.60. The van der Waals surface area contributed by atoms with Crippen LogP contribution in [0, 0.1) is 0 Å². The van der Waals surface area contributed by atoms with Gasteiger partial charge in [-0.1, -0.05) is 157 Å². The molecule has 0 fully saturated rings. The van der Waals surface area contributed by atoms with Crippen molar-refractivity contribution in [3.8, 4) is 22.3 Å². The van der Waals surface area contributed by atoms with E-state index in [1.165, 1.54) is 87.5 Å². The second-order valence-electron chi connectivity index (χ2n) is 13.4. The van der Waals surface area contributed by atoms with E-state index in [0.717, 1.165) is 12.8 Å². The van der Waals surface area contributed by atoms with Gasteiger partial charge in [0.15, 0.2) is 8.07 Å². The van der Waals surface area contributed by atoms with Gasteiger partial charge in [0.1, 0.15) is 0 Å². The van der Waals surface area contributed by atoms with Gasteiger partial charge in [0.05, 0.1) is 0 Å². The molecule has 0 N–H and O–H groups in total. The summed E-state index contributed by atoms with van der Waals surface area (Å²) in [6, 6.07) is 54.9. The maximum absolute atomic E-state index is 2.83. The lowest BCUT2D eigenvalue weighted by atomic mass is 9.94. The molecule has 0 radical (unpaired) electrons. The maximum Gasteiger partial charge on any atom is 0.180 e. The highest BCUT2D eigenvalue weighted by Crippen LogP contribution is 2.42. The summed E-state index contributed by atoms with van der Waals surface area (Å²) in [5.41, 5.74) is 17.0. The molecular weight excluding hydrogens is 581 g/mol. The van der Waals surface area contributed by atoms with E-state index in [1.54, 1.807) is 0 Å². The number of rotatable bonds is 6. The lowest BCUT2D eigenvalue weighted by molar-refractivity contribution is 1.20. The molecule has 0 saturated heterocycles. The molecule has 2 aliphatic rings. The lowest BCUT2D eigenvalue weighted by Crippen LogP contribution is -2.76. The first-order chi connectivity index (χ1) is 23.0. The van der Waals surface area contributed by atoms with Crippen LogP contribution in [0.3, 0.4) is 0 Å². The maximum atomic E-state index is 2.53. The fourth-order valence-electron chi connectivity index (χ4n) is 8.47. The quantitative estimate of drug-likeness (QED) is 0.129. The van der Waals surface area contributed by atoms with Gasteiger partial charge in [-0.25, -0.2) is 0 Å². The zero-order valence-corrected chi connectivity index (χ0v) is 28.8. The van der Waals surface area contributed by atoms with E-state index >= 15 is 0 Å². The summed E-state index contributed by atoms with van der Waals surface area (Å²) < 4.78 is 0. The molecule has 2 aliphatic carbocycles. The second-order valence-corrected chi connectivity index (χ2v) is 17.1. The molecule has 0 aromatic heterocycles. The number of fused-ring (bicyclic) bond motifs is 2. The number of benzene rings is 6. The number of hydrogen-bond donors (Lipinski definition) is 0. The van der Waals surface area contributed by atoms with Crippen molar-refractivity contribution in [3.63, 3.8) is 0 Å². The summed E-state index contributed by atoms with van der Waals surface area (Å²) in [5, 5.41) is 5.94. The van der Waals surface area contributed by atoms with Gasteiger partial charge in [0.2, 0.25) is 0 Å². The molecule has 6 aromatic carbocycles. The largest absolute Gasteiger partial charge is 0.180 e. The molecule has 0 amide bonds. The molecule has 1 heteroatoms. The van der Waals surface area contributed by atoms with Crippen LogP contribution in [0.25, 0.3) is 33.4 Å². The van der Waals surface area contributed by atoms with Crippen molar-refractivity contribution in [2.75, 3.05) is 0 Å². The van der Waals surface area contributed by atoms with Crippen molar-refractivity contribution >= 4 is 40.0 Å². The van der Waals surface area contributed by atoms with E-state index in [1.807, 2.05) is 0 Å². The van der Waals surface area contributed by atoms with Gasteiger partial charge in [-0.2, -0.15) is 0 Å². The second kappa shape index (κ2) is 11.7. The molecule has 0 saturated carbocycles. The van der Waals surface area contributed by atoms with Crippen molar-refractivity contribution in [3.05, 3.63) is 179 Å². The zero-order chi connectivity index (χ0) is 32.1. The molecule has 228 valence electrons. The summed E-state index contributed by atoms with van der Waals surface area (Å²) in [5.74, 6) is 0. The van der Waals surface area contributed by atoms with Crippen LogP contribution in [0.1, 0.15) is 49.9 Å². The third-order valence-corrected chi connectivity index (χ3v) is 15.9. The number of allylic oxidation sites excluding steroid dienone is 4. The van der Waals surface area contributed by atoms with Gasteiger partial charge < -0.3 is 0 Å². The zero-order valence-electron chi connectivity index (χ0n) is 27.8. The topological polar surface area (TPSA) is 0 Å². The van der Waals surface area contributed by atoms with Gasteiger partial charge in [0, 0.05) is 0 Å². The predicted octanol–water partition coefficient (Wildman–Crippen LogP) is 9.10. The van der Waals surface area contributed by atoms with Crippen molar-refractivity contribution < 1.29 is 0 Å². The van der Waals surface area contributed by atoms with Gasteiger partial charge in [-0.15, -0.1) is 0 Å².